The van der Waals surface area contributed by atoms with Gasteiger partial charge < -0.3 is 20.1 Å². The number of nitrogens with one attached hydrogen (secondary N) is 2. The van der Waals surface area contributed by atoms with Gasteiger partial charge >= 0.3 is 6.18 Å². The molecule has 1 aliphatic rings. The molecule has 1 heterocycles. The summed E-state index contributed by atoms with van der Waals surface area (Å²) in [5.74, 6) is 0.724. The molecule has 0 radical (unpaired) electrons. The molecule has 0 saturated carbocycles. The molecule has 2 aromatic carbocycles. The van der Waals surface area contributed by atoms with Crippen LogP contribution in [0.2, 0.25) is 0 Å². The fourth-order valence-electron chi connectivity index (χ4n) is 2.66. The lowest BCUT2D eigenvalue weighted by atomic mass is 10.1. The molecule has 0 aliphatic carbocycles. The molecule has 0 saturated heterocycles. The van der Waals surface area contributed by atoms with Gasteiger partial charge in [0.1, 0.15) is 13.2 Å². The quantitative estimate of drug-likeness (QED) is 0.757. The van der Waals surface area contributed by atoms with Gasteiger partial charge in [-0.15, -0.1) is 0 Å². The predicted molar refractivity (Wildman–Crippen MR) is 92.9 cm³/mol. The van der Waals surface area contributed by atoms with Crippen LogP contribution in [0.1, 0.15) is 21.5 Å². The predicted octanol–water partition coefficient (Wildman–Crippen LogP) is 3.00. The minimum atomic E-state index is -4.33. The van der Waals surface area contributed by atoms with E-state index in [4.69, 9.17) is 9.47 Å². The molecule has 8 heteroatoms. The Labute approximate surface area is 154 Å². The van der Waals surface area contributed by atoms with E-state index >= 15 is 0 Å². The lowest BCUT2D eigenvalue weighted by Gasteiger charge is -2.20. The summed E-state index contributed by atoms with van der Waals surface area (Å²) >= 11 is 0. The zero-order valence-corrected chi connectivity index (χ0v) is 14.4. The summed E-state index contributed by atoms with van der Waals surface area (Å²) in [4.78, 5) is 12.3. The van der Waals surface area contributed by atoms with Crippen molar-refractivity contribution in [1.82, 2.24) is 10.6 Å². The number of hydrogen-bond donors (Lipinski definition) is 2. The van der Waals surface area contributed by atoms with Crippen molar-refractivity contribution in [3.05, 3.63) is 59.2 Å². The highest BCUT2D eigenvalue weighted by atomic mass is 19.4. The first-order valence-corrected chi connectivity index (χ1v) is 8.49. The third kappa shape index (κ3) is 4.91. The van der Waals surface area contributed by atoms with Crippen LogP contribution in [0.5, 0.6) is 11.5 Å². The van der Waals surface area contributed by atoms with Gasteiger partial charge in [-0.3, -0.25) is 4.79 Å². The molecule has 0 atom stereocenters. The minimum Gasteiger partial charge on any atom is -0.486 e. The average molecular weight is 380 g/mol. The van der Waals surface area contributed by atoms with Crippen molar-refractivity contribution in [2.75, 3.05) is 26.3 Å². The van der Waals surface area contributed by atoms with Crippen molar-refractivity contribution >= 4 is 5.91 Å². The van der Waals surface area contributed by atoms with Gasteiger partial charge in [-0.25, -0.2) is 0 Å². The molecule has 0 bridgehead atoms. The number of amides is 1. The Morgan fingerprint density at radius 2 is 1.74 bits per heavy atom. The Hall–Kier alpha value is -2.74. The molecular weight excluding hydrogens is 361 g/mol. The van der Waals surface area contributed by atoms with E-state index in [0.29, 0.717) is 49.9 Å². The largest absolute Gasteiger partial charge is 0.486 e. The lowest BCUT2D eigenvalue weighted by molar-refractivity contribution is -0.137. The van der Waals surface area contributed by atoms with E-state index in [1.54, 1.807) is 18.2 Å². The molecule has 0 unspecified atom stereocenters. The van der Waals surface area contributed by atoms with Crippen LogP contribution in [-0.2, 0) is 12.7 Å². The maximum absolute atomic E-state index is 12.5. The highest BCUT2D eigenvalue weighted by Crippen LogP contribution is 2.33. The number of fused-ring (bicyclic) bond motifs is 1. The Bertz CT molecular complexity index is 792. The Balaban J connectivity index is 1.44. The van der Waals surface area contributed by atoms with Crippen LogP contribution in [-0.4, -0.2) is 32.2 Å². The number of halogens is 3. The molecular formula is C19H19F3N2O3. The number of para-hydroxylation sites is 1. The van der Waals surface area contributed by atoms with Gasteiger partial charge in [0.15, 0.2) is 11.5 Å². The summed E-state index contributed by atoms with van der Waals surface area (Å²) in [5, 5.41) is 5.86. The number of carbonyl (C=O) groups is 1. The van der Waals surface area contributed by atoms with Crippen molar-refractivity contribution in [3.8, 4) is 11.5 Å². The van der Waals surface area contributed by atoms with E-state index in [2.05, 4.69) is 10.6 Å². The molecule has 0 aromatic heterocycles. The van der Waals surface area contributed by atoms with Gasteiger partial charge in [0.25, 0.3) is 5.91 Å². The molecule has 1 aliphatic heterocycles. The summed E-state index contributed by atoms with van der Waals surface area (Å²) in [7, 11) is 0. The summed E-state index contributed by atoms with van der Waals surface area (Å²) in [5.41, 5.74) is 0.475. The maximum atomic E-state index is 12.5. The molecule has 2 aromatic rings. The van der Waals surface area contributed by atoms with Gasteiger partial charge in [0.05, 0.1) is 11.1 Å². The second-order valence-corrected chi connectivity index (χ2v) is 5.96. The standard InChI is InChI=1S/C19H19F3N2O3/c20-19(21,22)14-6-4-13(5-7-14)12-23-8-9-24-18(25)15-2-1-3-16-17(15)27-11-10-26-16/h1-7,23H,8-12H2,(H,24,25). The van der Waals surface area contributed by atoms with Crippen LogP contribution in [0.4, 0.5) is 13.2 Å². The van der Waals surface area contributed by atoms with Crippen LogP contribution >= 0.6 is 0 Å². The van der Waals surface area contributed by atoms with Gasteiger partial charge in [0.2, 0.25) is 0 Å². The summed E-state index contributed by atoms with van der Waals surface area (Å²) < 4.78 is 48.5. The van der Waals surface area contributed by atoms with E-state index in [1.165, 1.54) is 12.1 Å². The second-order valence-electron chi connectivity index (χ2n) is 5.96. The van der Waals surface area contributed by atoms with E-state index in [1.807, 2.05) is 0 Å². The minimum absolute atomic E-state index is 0.270. The average Bonchev–Trinajstić information content (AvgIpc) is 2.67. The topological polar surface area (TPSA) is 59.6 Å². The van der Waals surface area contributed by atoms with Crippen molar-refractivity contribution in [1.29, 1.82) is 0 Å². The Morgan fingerprint density at radius 1 is 1.00 bits per heavy atom. The zero-order valence-electron chi connectivity index (χ0n) is 14.4. The highest BCUT2D eigenvalue weighted by Gasteiger charge is 2.29. The molecule has 2 N–H and O–H groups in total. The molecule has 0 spiro atoms. The van der Waals surface area contributed by atoms with Crippen LogP contribution in [0, 0.1) is 0 Å². The zero-order chi connectivity index (χ0) is 19.3. The molecule has 5 nitrogen and oxygen atoms in total. The van der Waals surface area contributed by atoms with Crippen LogP contribution < -0.4 is 20.1 Å². The van der Waals surface area contributed by atoms with Crippen molar-refractivity contribution in [2.45, 2.75) is 12.7 Å². The van der Waals surface area contributed by atoms with Gasteiger partial charge in [0, 0.05) is 19.6 Å². The number of ether oxygens (including phenoxy) is 2. The molecule has 1 amide bonds. The first kappa shape index (κ1) is 19.0. The van der Waals surface area contributed by atoms with E-state index in [0.717, 1.165) is 17.7 Å². The Morgan fingerprint density at radius 3 is 2.48 bits per heavy atom. The van der Waals surface area contributed by atoms with E-state index in [9.17, 15) is 18.0 Å². The van der Waals surface area contributed by atoms with E-state index < -0.39 is 11.7 Å². The molecule has 144 valence electrons. The van der Waals surface area contributed by atoms with Crippen LogP contribution in [0.15, 0.2) is 42.5 Å². The number of alkyl halides is 3. The number of hydrogen-bond acceptors (Lipinski definition) is 4. The molecule has 0 fully saturated rings. The third-order valence-electron chi connectivity index (χ3n) is 4.01. The number of carbonyl (C=O) groups excluding carboxylic acids is 1. The summed E-state index contributed by atoms with van der Waals surface area (Å²) in [6.07, 6.45) is -4.33. The van der Waals surface area contributed by atoms with Gasteiger partial charge in [-0.2, -0.15) is 13.2 Å². The number of rotatable bonds is 6. The van der Waals surface area contributed by atoms with Crippen molar-refractivity contribution < 1.29 is 27.4 Å². The second kappa shape index (κ2) is 8.30. The SMILES string of the molecule is O=C(NCCNCc1ccc(C(F)(F)F)cc1)c1cccc2c1OCCO2. The number of benzene rings is 2. The van der Waals surface area contributed by atoms with E-state index in [-0.39, 0.29) is 5.91 Å². The smallest absolute Gasteiger partial charge is 0.416 e. The van der Waals surface area contributed by atoms with Gasteiger partial charge in [-0.1, -0.05) is 18.2 Å². The summed E-state index contributed by atoms with van der Waals surface area (Å²) in [6, 6.07) is 10.1. The fourth-order valence-corrected chi connectivity index (χ4v) is 2.66. The van der Waals surface area contributed by atoms with Crippen molar-refractivity contribution in [2.24, 2.45) is 0 Å². The van der Waals surface area contributed by atoms with Crippen LogP contribution in [0.25, 0.3) is 0 Å². The normalized spacial score (nSPS) is 13.3. The monoisotopic (exact) mass is 380 g/mol. The van der Waals surface area contributed by atoms with Crippen molar-refractivity contribution in [3.63, 3.8) is 0 Å². The highest BCUT2D eigenvalue weighted by molar-refractivity contribution is 5.97. The van der Waals surface area contributed by atoms with Gasteiger partial charge in [-0.05, 0) is 29.8 Å². The maximum Gasteiger partial charge on any atom is 0.416 e. The fraction of sp³-hybridized carbons (Fsp3) is 0.316. The Kier molecular flexibility index (Phi) is 5.85. The third-order valence-corrected chi connectivity index (χ3v) is 4.01. The summed E-state index contributed by atoms with van der Waals surface area (Å²) in [6.45, 7) is 2.09. The molecule has 3 rings (SSSR count). The first-order chi connectivity index (χ1) is 12.9. The first-order valence-electron chi connectivity index (χ1n) is 8.49. The molecule has 27 heavy (non-hydrogen) atoms. The lowest BCUT2D eigenvalue weighted by Crippen LogP contribution is -2.32. The van der Waals surface area contributed by atoms with Crippen LogP contribution in [0.3, 0.4) is 0 Å².